The van der Waals surface area contributed by atoms with E-state index in [1.54, 1.807) is 20.2 Å². The van der Waals surface area contributed by atoms with Crippen LogP contribution >= 0.6 is 11.6 Å². The van der Waals surface area contributed by atoms with Crippen molar-refractivity contribution < 1.29 is 0 Å². The van der Waals surface area contributed by atoms with Gasteiger partial charge in [0.15, 0.2) is 0 Å². The Labute approximate surface area is 120 Å². The highest BCUT2D eigenvalue weighted by atomic mass is 35.5. The minimum Gasteiger partial charge on any atom is -0.361 e. The van der Waals surface area contributed by atoms with Crippen LogP contribution in [0.2, 0.25) is 5.02 Å². The molecule has 6 heteroatoms. The molecule has 0 radical (unpaired) electrons. The quantitative estimate of drug-likeness (QED) is 0.762. The van der Waals surface area contributed by atoms with Crippen LogP contribution in [-0.4, -0.2) is 14.8 Å². The summed E-state index contributed by atoms with van der Waals surface area (Å²) in [6, 6.07) is 5.73. The van der Waals surface area contributed by atoms with E-state index in [4.69, 9.17) is 11.6 Å². The third kappa shape index (κ3) is 1.96. The van der Waals surface area contributed by atoms with Crippen LogP contribution in [0.1, 0.15) is 5.56 Å². The van der Waals surface area contributed by atoms with Gasteiger partial charge in [-0.3, -0.25) is 4.79 Å². The van der Waals surface area contributed by atoms with E-state index >= 15 is 0 Å². The summed E-state index contributed by atoms with van der Waals surface area (Å²) in [7, 11) is 1.62. The Morgan fingerprint density at radius 1 is 1.30 bits per heavy atom. The molecule has 102 valence electrons. The van der Waals surface area contributed by atoms with E-state index in [1.165, 1.54) is 4.68 Å². The van der Waals surface area contributed by atoms with Crippen molar-refractivity contribution in [2.75, 3.05) is 5.32 Å². The molecule has 5 nitrogen and oxygen atoms in total. The van der Waals surface area contributed by atoms with Crippen molar-refractivity contribution in [1.82, 2.24) is 14.8 Å². The highest BCUT2D eigenvalue weighted by molar-refractivity contribution is 6.38. The van der Waals surface area contributed by atoms with E-state index < -0.39 is 0 Å². The number of rotatable bonds is 2. The molecule has 20 heavy (non-hydrogen) atoms. The molecule has 2 N–H and O–H groups in total. The predicted molar refractivity (Wildman–Crippen MR) is 80.8 cm³/mol. The molecule has 2 aromatic heterocycles. The maximum atomic E-state index is 11.9. The number of anilines is 2. The first-order chi connectivity index (χ1) is 9.58. The molecule has 0 aliphatic heterocycles. The standard InChI is InChI=1S/C14H13ClN4O/c1-8-12(7-17-19(2)14(8)20)18-11-4-3-10-9(13(11)15)5-6-16-10/h3-7,16,18H,1-2H3. The third-order valence-electron chi connectivity index (χ3n) is 3.32. The molecule has 3 rings (SSSR count). The van der Waals surface area contributed by atoms with E-state index in [0.717, 1.165) is 16.6 Å². The first kappa shape index (κ1) is 12.7. The summed E-state index contributed by atoms with van der Waals surface area (Å²) in [5.74, 6) is 0. The summed E-state index contributed by atoms with van der Waals surface area (Å²) < 4.78 is 1.30. The van der Waals surface area contributed by atoms with Gasteiger partial charge in [-0.05, 0) is 25.1 Å². The molecule has 0 saturated heterocycles. The van der Waals surface area contributed by atoms with Crippen molar-refractivity contribution in [2.24, 2.45) is 7.05 Å². The summed E-state index contributed by atoms with van der Waals surface area (Å²) in [5, 5.41) is 8.73. The second-order valence-electron chi connectivity index (χ2n) is 4.60. The zero-order valence-electron chi connectivity index (χ0n) is 11.1. The largest absolute Gasteiger partial charge is 0.361 e. The average Bonchev–Trinajstić information content (AvgIpc) is 2.91. The summed E-state index contributed by atoms with van der Waals surface area (Å²) >= 11 is 6.37. The molecule has 3 aromatic rings. The summed E-state index contributed by atoms with van der Waals surface area (Å²) in [5.41, 5.74) is 2.85. The Hall–Kier alpha value is -2.27. The number of hydrogen-bond donors (Lipinski definition) is 2. The van der Waals surface area contributed by atoms with E-state index in [9.17, 15) is 4.79 Å². The molecule has 0 unspecified atom stereocenters. The first-order valence-corrected chi connectivity index (χ1v) is 6.51. The summed E-state index contributed by atoms with van der Waals surface area (Å²) in [6.45, 7) is 1.76. The summed E-state index contributed by atoms with van der Waals surface area (Å²) in [4.78, 5) is 15.0. The number of hydrogen-bond acceptors (Lipinski definition) is 3. The fourth-order valence-electron chi connectivity index (χ4n) is 2.12. The summed E-state index contributed by atoms with van der Waals surface area (Å²) in [6.07, 6.45) is 3.46. The number of halogens is 1. The van der Waals surface area contributed by atoms with Gasteiger partial charge in [0.2, 0.25) is 0 Å². The van der Waals surface area contributed by atoms with Gasteiger partial charge >= 0.3 is 0 Å². The average molecular weight is 289 g/mol. The van der Waals surface area contributed by atoms with Crippen LogP contribution in [0.4, 0.5) is 11.4 Å². The van der Waals surface area contributed by atoms with Crippen LogP contribution in [0.25, 0.3) is 10.9 Å². The van der Waals surface area contributed by atoms with Crippen molar-refractivity contribution in [1.29, 1.82) is 0 Å². The molecule has 1 aromatic carbocycles. The maximum Gasteiger partial charge on any atom is 0.271 e. The van der Waals surface area contributed by atoms with E-state index in [-0.39, 0.29) is 5.56 Å². The fourth-order valence-corrected chi connectivity index (χ4v) is 2.39. The Morgan fingerprint density at radius 3 is 2.90 bits per heavy atom. The van der Waals surface area contributed by atoms with Crippen LogP contribution < -0.4 is 10.9 Å². The van der Waals surface area contributed by atoms with Gasteiger partial charge in [0.1, 0.15) is 0 Å². The van der Waals surface area contributed by atoms with E-state index in [1.807, 2.05) is 24.4 Å². The Kier molecular flexibility index (Phi) is 2.99. The zero-order chi connectivity index (χ0) is 14.3. The Morgan fingerprint density at radius 2 is 2.10 bits per heavy atom. The molecule has 2 heterocycles. The molecule has 0 aliphatic rings. The number of aromatic nitrogens is 3. The molecular formula is C14H13ClN4O. The maximum absolute atomic E-state index is 11.9. The van der Waals surface area contributed by atoms with Crippen LogP contribution in [0.3, 0.4) is 0 Å². The molecule has 0 atom stereocenters. The van der Waals surface area contributed by atoms with Crippen LogP contribution in [-0.2, 0) is 7.05 Å². The first-order valence-electron chi connectivity index (χ1n) is 6.13. The second kappa shape index (κ2) is 4.68. The van der Waals surface area contributed by atoms with Gasteiger partial charge in [-0.2, -0.15) is 5.10 Å². The lowest BCUT2D eigenvalue weighted by Gasteiger charge is -2.11. The number of nitrogens with one attached hydrogen (secondary N) is 2. The van der Waals surface area contributed by atoms with Gasteiger partial charge in [-0.15, -0.1) is 0 Å². The number of benzene rings is 1. The minimum absolute atomic E-state index is 0.131. The topological polar surface area (TPSA) is 62.7 Å². The van der Waals surface area contributed by atoms with Crippen LogP contribution in [0.5, 0.6) is 0 Å². The minimum atomic E-state index is -0.131. The van der Waals surface area contributed by atoms with Gasteiger partial charge in [0.05, 0.1) is 22.6 Å². The fraction of sp³-hybridized carbons (Fsp3) is 0.143. The number of fused-ring (bicyclic) bond motifs is 1. The van der Waals surface area contributed by atoms with E-state index in [2.05, 4.69) is 15.4 Å². The molecule has 0 aliphatic carbocycles. The highest BCUT2D eigenvalue weighted by Crippen LogP contribution is 2.32. The lowest BCUT2D eigenvalue weighted by molar-refractivity contribution is 0.702. The lowest BCUT2D eigenvalue weighted by Crippen LogP contribution is -2.22. The van der Waals surface area contributed by atoms with Gasteiger partial charge in [-0.1, -0.05) is 11.6 Å². The highest BCUT2D eigenvalue weighted by Gasteiger charge is 2.10. The molecule has 0 spiro atoms. The molecule has 0 amide bonds. The molecule has 0 saturated carbocycles. The van der Waals surface area contributed by atoms with Crippen molar-refractivity contribution in [3.8, 4) is 0 Å². The monoisotopic (exact) mass is 288 g/mol. The van der Waals surface area contributed by atoms with Gasteiger partial charge in [0.25, 0.3) is 5.56 Å². The zero-order valence-corrected chi connectivity index (χ0v) is 11.8. The predicted octanol–water partition coefficient (Wildman–Crippen LogP) is 2.97. The number of H-pyrrole nitrogens is 1. The Bertz CT molecular complexity index is 850. The smallest absolute Gasteiger partial charge is 0.271 e. The number of aryl methyl sites for hydroxylation is 1. The molecule has 0 bridgehead atoms. The van der Waals surface area contributed by atoms with Crippen molar-refractivity contribution in [3.05, 3.63) is 51.5 Å². The van der Waals surface area contributed by atoms with Crippen LogP contribution in [0.15, 0.2) is 35.4 Å². The third-order valence-corrected chi connectivity index (χ3v) is 3.72. The number of aromatic amines is 1. The van der Waals surface area contributed by atoms with Crippen molar-refractivity contribution in [3.63, 3.8) is 0 Å². The van der Waals surface area contributed by atoms with Crippen molar-refractivity contribution >= 4 is 33.9 Å². The number of nitrogens with zero attached hydrogens (tertiary/aromatic N) is 2. The van der Waals surface area contributed by atoms with Gasteiger partial charge < -0.3 is 10.3 Å². The normalized spacial score (nSPS) is 10.9. The second-order valence-corrected chi connectivity index (χ2v) is 4.98. The lowest BCUT2D eigenvalue weighted by atomic mass is 10.2. The SMILES string of the molecule is Cc1c(Nc2ccc3[nH]ccc3c2Cl)cnn(C)c1=O. The van der Waals surface area contributed by atoms with E-state index in [0.29, 0.717) is 16.3 Å². The van der Waals surface area contributed by atoms with Gasteiger partial charge in [-0.25, -0.2) is 4.68 Å². The molecular weight excluding hydrogens is 276 g/mol. The van der Waals surface area contributed by atoms with Gasteiger partial charge in [0, 0.05) is 29.7 Å². The molecule has 0 fully saturated rings. The Balaban J connectivity index is 2.07. The van der Waals surface area contributed by atoms with Crippen molar-refractivity contribution in [2.45, 2.75) is 6.92 Å². The van der Waals surface area contributed by atoms with Crippen LogP contribution in [0, 0.1) is 6.92 Å².